The number of rotatable bonds is 3. The number of halogens is 1. The van der Waals surface area contributed by atoms with Crippen molar-refractivity contribution in [1.29, 1.82) is 0 Å². The number of hydrogen-bond acceptors (Lipinski definition) is 2. The maximum Gasteiger partial charge on any atom is 0.169 e. The Kier molecular flexibility index (Phi) is 3.99. The van der Waals surface area contributed by atoms with E-state index in [-0.39, 0.29) is 0 Å². The van der Waals surface area contributed by atoms with E-state index in [1.165, 1.54) is 25.7 Å². The lowest BCUT2D eigenvalue weighted by molar-refractivity contribution is 0.187. The van der Waals surface area contributed by atoms with Gasteiger partial charge in [-0.05, 0) is 59.7 Å². The Labute approximate surface area is 112 Å². The second kappa shape index (κ2) is 5.15. The van der Waals surface area contributed by atoms with E-state index in [2.05, 4.69) is 42.0 Å². The van der Waals surface area contributed by atoms with Gasteiger partial charge >= 0.3 is 0 Å². The van der Waals surface area contributed by atoms with Gasteiger partial charge in [-0.15, -0.1) is 0 Å². The van der Waals surface area contributed by atoms with Crippen LogP contribution < -0.4 is 5.32 Å². The van der Waals surface area contributed by atoms with Crippen molar-refractivity contribution in [1.82, 2.24) is 5.32 Å². The maximum atomic E-state index is 5.59. The van der Waals surface area contributed by atoms with E-state index in [0.29, 0.717) is 17.5 Å². The Balaban J connectivity index is 1.92. The van der Waals surface area contributed by atoms with Gasteiger partial charge in [0.25, 0.3) is 0 Å². The van der Waals surface area contributed by atoms with Crippen molar-refractivity contribution < 1.29 is 4.42 Å². The van der Waals surface area contributed by atoms with E-state index in [0.717, 1.165) is 10.4 Å². The molecule has 1 aromatic rings. The van der Waals surface area contributed by atoms with Crippen molar-refractivity contribution >= 4 is 15.9 Å². The van der Waals surface area contributed by atoms with Crippen LogP contribution in [0.5, 0.6) is 0 Å². The Morgan fingerprint density at radius 1 is 1.47 bits per heavy atom. The van der Waals surface area contributed by atoms with Crippen LogP contribution in [0.2, 0.25) is 0 Å². The molecule has 0 spiro atoms. The topological polar surface area (TPSA) is 25.2 Å². The Morgan fingerprint density at radius 3 is 2.82 bits per heavy atom. The van der Waals surface area contributed by atoms with Crippen LogP contribution in [-0.4, -0.2) is 6.04 Å². The molecule has 0 amide bonds. The zero-order chi connectivity index (χ0) is 12.5. The highest BCUT2D eigenvalue weighted by Gasteiger charge is 2.28. The first-order chi connectivity index (χ1) is 7.96. The average molecular weight is 300 g/mol. The van der Waals surface area contributed by atoms with Crippen LogP contribution >= 0.6 is 15.9 Å². The fraction of sp³-hybridized carbons (Fsp3) is 0.714. The zero-order valence-corrected chi connectivity index (χ0v) is 12.5. The predicted octanol–water partition coefficient (Wildman–Crippen LogP) is 4.66. The van der Waals surface area contributed by atoms with Gasteiger partial charge in [-0.3, -0.25) is 0 Å². The summed E-state index contributed by atoms with van der Waals surface area (Å²) in [5.41, 5.74) is 0.486. The highest BCUT2D eigenvalue weighted by Crippen LogP contribution is 2.36. The largest absolute Gasteiger partial charge is 0.453 e. The Morgan fingerprint density at radius 2 is 2.24 bits per heavy atom. The molecule has 0 aromatic carbocycles. The van der Waals surface area contributed by atoms with E-state index in [1.54, 1.807) is 0 Å². The SMILES string of the molecule is CC(NC1CCCC(C)(C)C1)c1ccc(Br)o1. The minimum atomic E-state index is 0.292. The Bertz CT molecular complexity index is 372. The molecule has 1 fully saturated rings. The summed E-state index contributed by atoms with van der Waals surface area (Å²) in [6.07, 6.45) is 5.24. The molecule has 1 aliphatic carbocycles. The highest BCUT2D eigenvalue weighted by atomic mass is 79.9. The second-order valence-corrected chi connectivity index (χ2v) is 6.77. The van der Waals surface area contributed by atoms with Gasteiger partial charge in [0.05, 0.1) is 6.04 Å². The van der Waals surface area contributed by atoms with E-state index in [1.807, 2.05) is 12.1 Å². The summed E-state index contributed by atoms with van der Waals surface area (Å²) in [5, 5.41) is 3.69. The van der Waals surface area contributed by atoms with Crippen molar-refractivity contribution in [2.75, 3.05) is 0 Å². The van der Waals surface area contributed by atoms with E-state index in [9.17, 15) is 0 Å². The van der Waals surface area contributed by atoms with Crippen LogP contribution in [0.15, 0.2) is 21.2 Å². The molecule has 0 radical (unpaired) electrons. The van der Waals surface area contributed by atoms with E-state index < -0.39 is 0 Å². The number of hydrogen-bond donors (Lipinski definition) is 1. The smallest absolute Gasteiger partial charge is 0.169 e. The average Bonchev–Trinajstić information content (AvgIpc) is 2.63. The molecule has 2 nitrogen and oxygen atoms in total. The zero-order valence-electron chi connectivity index (χ0n) is 10.9. The first-order valence-electron chi connectivity index (χ1n) is 6.47. The van der Waals surface area contributed by atoms with E-state index >= 15 is 0 Å². The molecule has 1 saturated carbocycles. The van der Waals surface area contributed by atoms with Gasteiger partial charge in [0, 0.05) is 6.04 Å². The standard InChI is InChI=1S/C14H22BrNO/c1-10(12-6-7-13(15)17-12)16-11-5-4-8-14(2,3)9-11/h6-7,10-11,16H,4-5,8-9H2,1-3H3. The van der Waals surface area contributed by atoms with Gasteiger partial charge in [-0.2, -0.15) is 0 Å². The quantitative estimate of drug-likeness (QED) is 0.878. The molecule has 0 aliphatic heterocycles. The van der Waals surface area contributed by atoms with Crippen molar-refractivity contribution in [3.63, 3.8) is 0 Å². The van der Waals surface area contributed by atoms with Crippen LogP contribution in [0, 0.1) is 5.41 Å². The molecular weight excluding hydrogens is 278 g/mol. The molecule has 1 aromatic heterocycles. The molecule has 1 aliphatic rings. The lowest BCUT2D eigenvalue weighted by Crippen LogP contribution is -2.38. The van der Waals surface area contributed by atoms with Gasteiger partial charge in [0.2, 0.25) is 0 Å². The summed E-state index contributed by atoms with van der Waals surface area (Å²) in [6.45, 7) is 6.91. The highest BCUT2D eigenvalue weighted by molar-refractivity contribution is 9.10. The third kappa shape index (κ3) is 3.59. The van der Waals surface area contributed by atoms with Gasteiger partial charge < -0.3 is 9.73 Å². The van der Waals surface area contributed by atoms with Crippen molar-refractivity contribution in [2.45, 2.75) is 58.5 Å². The first-order valence-corrected chi connectivity index (χ1v) is 7.27. The predicted molar refractivity (Wildman–Crippen MR) is 74.0 cm³/mol. The molecule has 96 valence electrons. The van der Waals surface area contributed by atoms with E-state index in [4.69, 9.17) is 4.42 Å². The van der Waals surface area contributed by atoms with Crippen LogP contribution in [0.3, 0.4) is 0 Å². The normalized spacial score (nSPS) is 25.8. The summed E-state index contributed by atoms with van der Waals surface area (Å²) >= 11 is 3.35. The van der Waals surface area contributed by atoms with Crippen LogP contribution in [-0.2, 0) is 0 Å². The molecule has 2 rings (SSSR count). The molecule has 1 N–H and O–H groups in total. The molecular formula is C14H22BrNO. The monoisotopic (exact) mass is 299 g/mol. The molecule has 2 atom stereocenters. The van der Waals surface area contributed by atoms with Crippen molar-refractivity contribution in [3.8, 4) is 0 Å². The summed E-state index contributed by atoms with van der Waals surface area (Å²) in [7, 11) is 0. The van der Waals surface area contributed by atoms with Crippen molar-refractivity contribution in [2.24, 2.45) is 5.41 Å². The molecule has 1 heterocycles. The summed E-state index contributed by atoms with van der Waals surface area (Å²) in [5.74, 6) is 1.01. The Hall–Kier alpha value is -0.280. The number of furan rings is 1. The molecule has 17 heavy (non-hydrogen) atoms. The van der Waals surface area contributed by atoms with Gasteiger partial charge in [0.15, 0.2) is 4.67 Å². The lowest BCUT2D eigenvalue weighted by Gasteiger charge is -2.36. The molecule has 0 bridgehead atoms. The van der Waals surface area contributed by atoms with Gasteiger partial charge in [-0.25, -0.2) is 0 Å². The van der Waals surface area contributed by atoms with Crippen LogP contribution in [0.25, 0.3) is 0 Å². The van der Waals surface area contributed by atoms with Crippen LogP contribution in [0.1, 0.15) is 58.3 Å². The lowest BCUT2D eigenvalue weighted by atomic mass is 9.75. The summed E-state index contributed by atoms with van der Waals surface area (Å²) in [4.78, 5) is 0. The third-order valence-corrected chi connectivity index (χ3v) is 4.14. The van der Waals surface area contributed by atoms with Crippen molar-refractivity contribution in [3.05, 3.63) is 22.6 Å². The molecule has 3 heteroatoms. The number of nitrogens with one attached hydrogen (secondary N) is 1. The first kappa shape index (κ1) is 13.2. The van der Waals surface area contributed by atoms with Gasteiger partial charge in [0.1, 0.15) is 5.76 Å². The molecule has 2 unspecified atom stereocenters. The van der Waals surface area contributed by atoms with Crippen LogP contribution in [0.4, 0.5) is 0 Å². The summed E-state index contributed by atoms with van der Waals surface area (Å²) < 4.78 is 6.40. The fourth-order valence-corrected chi connectivity index (χ4v) is 3.16. The fourth-order valence-electron chi connectivity index (χ4n) is 2.84. The maximum absolute atomic E-state index is 5.59. The summed E-state index contributed by atoms with van der Waals surface area (Å²) in [6, 6.07) is 4.91. The third-order valence-electron chi connectivity index (χ3n) is 3.71. The minimum absolute atomic E-state index is 0.292. The van der Waals surface area contributed by atoms with Gasteiger partial charge in [-0.1, -0.05) is 20.3 Å². The second-order valence-electron chi connectivity index (χ2n) is 5.99. The minimum Gasteiger partial charge on any atom is -0.453 e. The molecule has 0 saturated heterocycles.